The van der Waals surface area contributed by atoms with Crippen molar-refractivity contribution in [3.63, 3.8) is 0 Å². The van der Waals surface area contributed by atoms with Crippen molar-refractivity contribution in [3.05, 3.63) is 53.8 Å². The number of aromatic nitrogens is 2. The highest BCUT2D eigenvalue weighted by molar-refractivity contribution is 5.95. The zero-order valence-electron chi connectivity index (χ0n) is 16.7. The number of alkyl halides is 3. The molecule has 0 saturated carbocycles. The average molecular weight is 424 g/mol. The van der Waals surface area contributed by atoms with Gasteiger partial charge in [-0.15, -0.1) is 0 Å². The molecule has 0 saturated heterocycles. The van der Waals surface area contributed by atoms with Gasteiger partial charge in [-0.3, -0.25) is 10.7 Å². The molecule has 0 fully saturated rings. The molecule has 0 spiro atoms. The molecule has 0 aliphatic carbocycles. The number of hydrogen-bond donors (Lipinski definition) is 3. The molecule has 1 aromatic carbocycles. The Morgan fingerprint density at radius 1 is 1.30 bits per heavy atom. The highest BCUT2D eigenvalue weighted by atomic mass is 19.4. The minimum Gasteiger partial charge on any atom is -0.495 e. The molecule has 2 heterocycles. The summed E-state index contributed by atoms with van der Waals surface area (Å²) in [5, 5.41) is 6.03. The van der Waals surface area contributed by atoms with Gasteiger partial charge in [0.25, 0.3) is 0 Å². The van der Waals surface area contributed by atoms with E-state index in [0.717, 1.165) is 11.4 Å². The van der Waals surface area contributed by atoms with Gasteiger partial charge in [0, 0.05) is 30.6 Å². The van der Waals surface area contributed by atoms with E-state index in [9.17, 15) is 13.2 Å². The fourth-order valence-electron chi connectivity index (χ4n) is 3.03. The molecule has 11 heteroatoms. The second kappa shape index (κ2) is 8.36. The van der Waals surface area contributed by atoms with Crippen molar-refractivity contribution in [2.75, 3.05) is 27.4 Å². The van der Waals surface area contributed by atoms with Gasteiger partial charge in [0.05, 0.1) is 31.4 Å². The Balaban J connectivity index is 1.87. The first-order chi connectivity index (χ1) is 14.1. The van der Waals surface area contributed by atoms with Crippen LogP contribution < -0.4 is 21.1 Å². The third-order valence-electron chi connectivity index (χ3n) is 4.38. The van der Waals surface area contributed by atoms with Crippen LogP contribution in [0, 0.1) is 6.92 Å². The fraction of sp³-hybridized carbons (Fsp3) is 0.368. The van der Waals surface area contributed by atoms with Gasteiger partial charge in [0.15, 0.2) is 5.79 Å². The predicted molar refractivity (Wildman–Crippen MR) is 105 cm³/mol. The Morgan fingerprint density at radius 2 is 2.07 bits per heavy atom. The minimum absolute atomic E-state index is 0.303. The van der Waals surface area contributed by atoms with E-state index < -0.39 is 18.6 Å². The molecule has 1 unspecified atom stereocenters. The zero-order valence-corrected chi connectivity index (χ0v) is 16.7. The number of nitrogens with zero attached hydrogens (tertiary/aromatic N) is 3. The number of aryl methyl sites for hydroxylation is 1. The summed E-state index contributed by atoms with van der Waals surface area (Å²) < 4.78 is 49.2. The van der Waals surface area contributed by atoms with E-state index in [-0.39, 0.29) is 6.61 Å². The topological polar surface area (TPSA) is 98.7 Å². The summed E-state index contributed by atoms with van der Waals surface area (Å²) in [7, 11) is 3.08. The van der Waals surface area contributed by atoms with Crippen LogP contribution in [-0.4, -0.2) is 48.9 Å². The van der Waals surface area contributed by atoms with Crippen LogP contribution in [0.2, 0.25) is 0 Å². The molecule has 1 atom stereocenters. The van der Waals surface area contributed by atoms with E-state index in [0.29, 0.717) is 22.8 Å². The van der Waals surface area contributed by atoms with Crippen molar-refractivity contribution >= 4 is 5.84 Å². The van der Waals surface area contributed by atoms with Crippen molar-refractivity contribution < 1.29 is 22.6 Å². The van der Waals surface area contributed by atoms with Gasteiger partial charge in [-0.2, -0.15) is 13.2 Å². The lowest BCUT2D eigenvalue weighted by Gasteiger charge is -2.38. The molecule has 1 aromatic heterocycles. The fourth-order valence-corrected chi connectivity index (χ4v) is 3.03. The van der Waals surface area contributed by atoms with E-state index in [1.165, 1.54) is 7.11 Å². The summed E-state index contributed by atoms with van der Waals surface area (Å²) in [6.45, 7) is 0.216. The van der Waals surface area contributed by atoms with Crippen molar-refractivity contribution in [2.45, 2.75) is 18.9 Å². The molecule has 3 rings (SSSR count). The summed E-state index contributed by atoms with van der Waals surface area (Å²) in [5.41, 5.74) is 9.07. The Kier molecular flexibility index (Phi) is 6.04. The van der Waals surface area contributed by atoms with Crippen LogP contribution in [0.15, 0.2) is 47.5 Å². The Hall–Kier alpha value is -3.05. The van der Waals surface area contributed by atoms with Gasteiger partial charge >= 0.3 is 6.18 Å². The van der Waals surface area contributed by atoms with Crippen LogP contribution in [-0.2, 0) is 10.5 Å². The second-order valence-electron chi connectivity index (χ2n) is 6.75. The quantitative estimate of drug-likeness (QED) is 0.656. The lowest BCUT2D eigenvalue weighted by molar-refractivity contribution is -0.172. The van der Waals surface area contributed by atoms with E-state index in [1.54, 1.807) is 31.6 Å². The Bertz CT molecular complexity index is 969. The highest BCUT2D eigenvalue weighted by Gasteiger charge is 2.34. The van der Waals surface area contributed by atoms with Gasteiger partial charge < -0.3 is 24.7 Å². The summed E-state index contributed by atoms with van der Waals surface area (Å²) >= 11 is 0. The third-order valence-corrected chi connectivity index (χ3v) is 4.38. The van der Waals surface area contributed by atoms with Crippen molar-refractivity contribution in [1.29, 1.82) is 0 Å². The molecular weight excluding hydrogens is 401 g/mol. The number of methoxy groups -OCH3 is 1. The van der Waals surface area contributed by atoms with Gasteiger partial charge in [0.2, 0.25) is 0 Å². The predicted octanol–water partition coefficient (Wildman–Crippen LogP) is 1.94. The number of benzene rings is 1. The summed E-state index contributed by atoms with van der Waals surface area (Å²) in [6.07, 6.45) is 0.654. The summed E-state index contributed by atoms with van der Waals surface area (Å²) in [6, 6.07) is 5.33. The van der Waals surface area contributed by atoms with Crippen LogP contribution in [0.4, 0.5) is 13.2 Å². The van der Waals surface area contributed by atoms with Gasteiger partial charge in [-0.25, -0.2) is 4.98 Å². The van der Waals surface area contributed by atoms with E-state index in [2.05, 4.69) is 20.6 Å². The number of halogens is 3. The number of aliphatic imine (C=N–C) groups is 1. The van der Waals surface area contributed by atoms with Crippen LogP contribution >= 0.6 is 0 Å². The number of nitrogens with one attached hydrogen (secondary N) is 2. The molecule has 0 radical (unpaired) electrons. The molecule has 2 aromatic rings. The molecule has 1 aliphatic heterocycles. The van der Waals surface area contributed by atoms with E-state index >= 15 is 0 Å². The number of hydrogen-bond acceptors (Lipinski definition) is 6. The summed E-state index contributed by atoms with van der Waals surface area (Å²) in [4.78, 5) is 8.29. The molecule has 1 aliphatic rings. The molecule has 4 N–H and O–H groups in total. The van der Waals surface area contributed by atoms with Crippen LogP contribution in [0.1, 0.15) is 11.3 Å². The smallest absolute Gasteiger partial charge is 0.411 e. The average Bonchev–Trinajstić information content (AvgIpc) is 3.12. The lowest BCUT2D eigenvalue weighted by atomic mass is 10.0. The van der Waals surface area contributed by atoms with Crippen molar-refractivity contribution in [3.8, 4) is 11.4 Å². The summed E-state index contributed by atoms with van der Waals surface area (Å²) in [5.74, 6) is -0.398. The van der Waals surface area contributed by atoms with Crippen LogP contribution in [0.25, 0.3) is 5.69 Å². The number of ether oxygens (including phenoxy) is 2. The monoisotopic (exact) mass is 424 g/mol. The van der Waals surface area contributed by atoms with Gasteiger partial charge in [-0.1, -0.05) is 6.07 Å². The maximum atomic E-state index is 12.4. The standard InChI is InChI=1S/C19H23F3N6O2/c1-12-8-28(11-25-12)15-5-4-13(6-16(15)29-3)19(23)26-14(7-17(24-2)27-19)9-30-10-18(20,21)22/h4-8,11,26H,9-10,23H2,1-3H3,(H,24,27). The maximum Gasteiger partial charge on any atom is 0.411 e. The van der Waals surface area contributed by atoms with Gasteiger partial charge in [0.1, 0.15) is 18.2 Å². The number of nitrogens with two attached hydrogens (primary N) is 1. The first-order valence-electron chi connectivity index (χ1n) is 9.00. The molecule has 30 heavy (non-hydrogen) atoms. The largest absolute Gasteiger partial charge is 0.495 e. The second-order valence-corrected chi connectivity index (χ2v) is 6.75. The Labute approximate surface area is 171 Å². The zero-order chi connectivity index (χ0) is 21.9. The van der Waals surface area contributed by atoms with E-state index in [4.69, 9.17) is 15.2 Å². The SMILES string of the molecule is CN=C1C=C(COCC(F)(F)F)NC(N)(c2ccc(-n3cnc(C)c3)c(OC)c2)N1. The Morgan fingerprint density at radius 3 is 2.67 bits per heavy atom. The van der Waals surface area contributed by atoms with Crippen molar-refractivity contribution in [2.24, 2.45) is 10.7 Å². The molecule has 0 bridgehead atoms. The minimum atomic E-state index is -4.41. The number of amidine groups is 1. The molecule has 0 amide bonds. The lowest BCUT2D eigenvalue weighted by Crippen LogP contribution is -2.64. The van der Waals surface area contributed by atoms with E-state index in [1.807, 2.05) is 23.8 Å². The molecule has 162 valence electrons. The number of imidazole rings is 1. The first kappa shape index (κ1) is 21.7. The first-order valence-corrected chi connectivity index (χ1v) is 9.00. The van der Waals surface area contributed by atoms with Crippen molar-refractivity contribution in [1.82, 2.24) is 20.2 Å². The number of rotatable bonds is 6. The maximum absolute atomic E-state index is 12.4. The highest BCUT2D eigenvalue weighted by Crippen LogP contribution is 2.28. The van der Waals surface area contributed by atoms with Gasteiger partial charge in [-0.05, 0) is 19.1 Å². The van der Waals surface area contributed by atoms with Crippen LogP contribution in [0.3, 0.4) is 0 Å². The van der Waals surface area contributed by atoms with Crippen LogP contribution in [0.5, 0.6) is 5.75 Å². The molecular formula is C19H23F3N6O2. The third kappa shape index (κ3) is 4.92. The molecule has 8 nitrogen and oxygen atoms in total. The normalized spacial score (nSPS) is 20.5.